The maximum Gasteiger partial charge on any atom is 0.250 e. The number of likely N-dealkylation sites (tertiary alicyclic amines) is 1. The first kappa shape index (κ1) is 26.0. The molecule has 1 fully saturated rings. The highest BCUT2D eigenvalue weighted by atomic mass is 127. The summed E-state index contributed by atoms with van der Waals surface area (Å²) in [4.78, 5) is 18.7. The predicted octanol–water partition coefficient (Wildman–Crippen LogP) is 4.13. The predicted molar refractivity (Wildman–Crippen MR) is 148 cm³/mol. The fraction of sp³-hybridized carbons (Fsp3) is 0.333. The van der Waals surface area contributed by atoms with Gasteiger partial charge in [0.15, 0.2) is 5.96 Å². The van der Waals surface area contributed by atoms with Gasteiger partial charge in [0.2, 0.25) is 0 Å². The number of rotatable bonds is 8. The van der Waals surface area contributed by atoms with Crippen molar-refractivity contribution in [2.24, 2.45) is 10.9 Å². The summed E-state index contributed by atoms with van der Waals surface area (Å²) in [6, 6.07) is 23.9. The van der Waals surface area contributed by atoms with Gasteiger partial charge in [-0.25, -0.2) is 0 Å². The smallest absolute Gasteiger partial charge is 0.250 e. The second kappa shape index (κ2) is 13.3. The van der Waals surface area contributed by atoms with E-state index in [0.717, 1.165) is 37.6 Å². The van der Waals surface area contributed by atoms with Crippen LogP contribution in [0.2, 0.25) is 0 Å². The van der Waals surface area contributed by atoms with Crippen LogP contribution in [0.4, 0.5) is 0 Å². The van der Waals surface area contributed by atoms with Crippen molar-refractivity contribution in [2.45, 2.75) is 26.1 Å². The molecule has 0 radical (unpaired) electrons. The van der Waals surface area contributed by atoms with Crippen molar-refractivity contribution >= 4 is 29.9 Å². The Hall–Kier alpha value is -2.65. The molecule has 3 aromatic rings. The summed E-state index contributed by atoms with van der Waals surface area (Å²) in [6.07, 6.45) is 2.93. The highest BCUT2D eigenvalue weighted by Crippen LogP contribution is 2.17. The molecular formula is C27H33IN4O2. The number of guanidine groups is 1. The fourth-order valence-corrected chi connectivity index (χ4v) is 4.14. The molecule has 1 aliphatic rings. The van der Waals surface area contributed by atoms with E-state index < -0.39 is 0 Å². The van der Waals surface area contributed by atoms with Gasteiger partial charge in [0.1, 0.15) is 0 Å². The van der Waals surface area contributed by atoms with E-state index in [9.17, 15) is 4.79 Å². The number of nitrogens with one attached hydrogen (secondary N) is 1. The number of benzene rings is 2. The number of aliphatic imine (C=N–C) groups is 1. The van der Waals surface area contributed by atoms with Gasteiger partial charge in [-0.3, -0.25) is 9.79 Å². The van der Waals surface area contributed by atoms with Gasteiger partial charge in [-0.05, 0) is 29.2 Å². The highest BCUT2D eigenvalue weighted by Gasteiger charge is 2.24. The lowest BCUT2D eigenvalue weighted by Gasteiger charge is -2.22. The summed E-state index contributed by atoms with van der Waals surface area (Å²) in [7, 11) is 1.84. The molecule has 0 amide bonds. The van der Waals surface area contributed by atoms with Crippen LogP contribution >= 0.6 is 24.0 Å². The van der Waals surface area contributed by atoms with Crippen LogP contribution in [0, 0.1) is 5.92 Å². The summed E-state index contributed by atoms with van der Waals surface area (Å²) in [5.41, 5.74) is 3.52. The van der Waals surface area contributed by atoms with Crippen LogP contribution in [0.25, 0.3) is 0 Å². The lowest BCUT2D eigenvalue weighted by molar-refractivity contribution is 0.0906. The topological polar surface area (TPSA) is 58.9 Å². The molecule has 1 aromatic heterocycles. The van der Waals surface area contributed by atoms with Gasteiger partial charge in [0, 0.05) is 44.9 Å². The molecule has 180 valence electrons. The molecule has 34 heavy (non-hydrogen) atoms. The Bertz CT molecular complexity index is 1100. The third-order valence-electron chi connectivity index (χ3n) is 5.99. The number of halogens is 1. The molecule has 2 aromatic carbocycles. The largest absolute Gasteiger partial charge is 0.376 e. The van der Waals surface area contributed by atoms with Crippen molar-refractivity contribution in [3.63, 3.8) is 0 Å². The van der Waals surface area contributed by atoms with Crippen LogP contribution in [0.5, 0.6) is 0 Å². The van der Waals surface area contributed by atoms with E-state index in [1.807, 2.05) is 37.5 Å². The van der Waals surface area contributed by atoms with E-state index in [-0.39, 0.29) is 29.5 Å². The minimum absolute atomic E-state index is 0. The zero-order chi connectivity index (χ0) is 22.9. The Morgan fingerprint density at radius 2 is 1.74 bits per heavy atom. The zero-order valence-electron chi connectivity index (χ0n) is 19.6. The van der Waals surface area contributed by atoms with Crippen molar-refractivity contribution in [2.75, 3.05) is 26.7 Å². The Balaban J connectivity index is 0.00000324. The van der Waals surface area contributed by atoms with Crippen molar-refractivity contribution in [1.82, 2.24) is 14.8 Å². The number of nitrogens with zero attached hydrogens (tertiary/aromatic N) is 3. The first-order valence-corrected chi connectivity index (χ1v) is 11.5. The normalized spacial score (nSPS) is 15.7. The molecule has 0 bridgehead atoms. The summed E-state index contributed by atoms with van der Waals surface area (Å²) in [5.74, 6) is 1.45. The molecule has 0 saturated carbocycles. The summed E-state index contributed by atoms with van der Waals surface area (Å²) in [6.45, 7) is 4.68. The van der Waals surface area contributed by atoms with Crippen LogP contribution in [-0.2, 0) is 24.4 Å². The lowest BCUT2D eigenvalue weighted by Crippen LogP contribution is -2.39. The van der Waals surface area contributed by atoms with Gasteiger partial charge in [-0.2, -0.15) is 0 Å². The first-order valence-electron chi connectivity index (χ1n) is 11.5. The van der Waals surface area contributed by atoms with Crippen LogP contribution in [0.15, 0.2) is 88.8 Å². The van der Waals surface area contributed by atoms with Crippen LogP contribution < -0.4 is 10.9 Å². The monoisotopic (exact) mass is 572 g/mol. The average molecular weight is 572 g/mol. The van der Waals surface area contributed by atoms with E-state index in [0.29, 0.717) is 25.6 Å². The summed E-state index contributed by atoms with van der Waals surface area (Å²) in [5, 5.41) is 3.49. The van der Waals surface area contributed by atoms with Crippen LogP contribution in [0.3, 0.4) is 0 Å². The minimum atomic E-state index is 0. The van der Waals surface area contributed by atoms with Gasteiger partial charge in [-0.15, -0.1) is 24.0 Å². The van der Waals surface area contributed by atoms with Gasteiger partial charge >= 0.3 is 0 Å². The van der Waals surface area contributed by atoms with E-state index in [1.165, 1.54) is 11.1 Å². The molecule has 2 heterocycles. The second-order valence-corrected chi connectivity index (χ2v) is 8.49. The molecule has 1 atom stereocenters. The number of ether oxygens (including phenoxy) is 1. The number of hydrogen-bond acceptors (Lipinski definition) is 3. The maximum absolute atomic E-state index is 11.9. The SMILES string of the molecule is CN=C(NCc1ccc(Cn2ccccc2=O)cc1)N1CCC(COCc2ccccc2)C1.I. The van der Waals surface area contributed by atoms with E-state index in [2.05, 4.69) is 51.6 Å². The fourth-order valence-electron chi connectivity index (χ4n) is 4.14. The number of aromatic nitrogens is 1. The van der Waals surface area contributed by atoms with Gasteiger partial charge in [-0.1, -0.05) is 60.7 Å². The summed E-state index contributed by atoms with van der Waals surface area (Å²) < 4.78 is 7.66. The zero-order valence-corrected chi connectivity index (χ0v) is 21.9. The molecule has 6 nitrogen and oxygen atoms in total. The van der Waals surface area contributed by atoms with Crippen molar-refractivity contribution in [3.05, 3.63) is 106 Å². The second-order valence-electron chi connectivity index (χ2n) is 8.49. The molecule has 1 unspecified atom stereocenters. The van der Waals surface area contributed by atoms with E-state index in [1.54, 1.807) is 16.7 Å². The molecule has 1 saturated heterocycles. The van der Waals surface area contributed by atoms with Crippen LogP contribution in [0.1, 0.15) is 23.1 Å². The Kier molecular flexibility index (Phi) is 10.2. The number of hydrogen-bond donors (Lipinski definition) is 1. The Morgan fingerprint density at radius 1 is 1.00 bits per heavy atom. The summed E-state index contributed by atoms with van der Waals surface area (Å²) >= 11 is 0. The van der Waals surface area contributed by atoms with Gasteiger partial charge < -0.3 is 19.5 Å². The molecule has 1 N–H and O–H groups in total. The molecule has 7 heteroatoms. The Labute approximate surface area is 218 Å². The maximum atomic E-state index is 11.9. The minimum Gasteiger partial charge on any atom is -0.376 e. The average Bonchev–Trinajstić information content (AvgIpc) is 3.31. The van der Waals surface area contributed by atoms with Crippen LogP contribution in [-0.4, -0.2) is 42.2 Å². The molecule has 4 rings (SSSR count). The lowest BCUT2D eigenvalue weighted by atomic mass is 10.1. The molecule has 0 spiro atoms. The quantitative estimate of drug-likeness (QED) is 0.251. The number of pyridine rings is 1. The van der Waals surface area contributed by atoms with E-state index in [4.69, 9.17) is 4.74 Å². The molecule has 0 aliphatic carbocycles. The first-order chi connectivity index (χ1) is 16.2. The van der Waals surface area contributed by atoms with Crippen molar-refractivity contribution in [1.29, 1.82) is 0 Å². The van der Waals surface area contributed by atoms with Crippen molar-refractivity contribution < 1.29 is 4.74 Å². The van der Waals surface area contributed by atoms with E-state index >= 15 is 0 Å². The molecule has 1 aliphatic heterocycles. The van der Waals surface area contributed by atoms with Gasteiger partial charge in [0.25, 0.3) is 5.56 Å². The highest BCUT2D eigenvalue weighted by molar-refractivity contribution is 14.0. The third kappa shape index (κ3) is 7.43. The molecular weight excluding hydrogens is 539 g/mol. The standard InChI is InChI=1S/C27H32N4O2.HI/c1-28-27(31-16-14-25(19-31)21-33-20-24-7-3-2-4-8-24)29-17-22-10-12-23(13-11-22)18-30-15-6-5-9-26(30)32;/h2-13,15,25H,14,16-21H2,1H3,(H,28,29);1H. The Morgan fingerprint density at radius 3 is 2.47 bits per heavy atom. The third-order valence-corrected chi connectivity index (χ3v) is 5.99. The van der Waals surface area contributed by atoms with Crippen molar-refractivity contribution in [3.8, 4) is 0 Å². The van der Waals surface area contributed by atoms with Gasteiger partial charge in [0.05, 0.1) is 19.8 Å².